The molecule has 0 aliphatic heterocycles. The molecule has 0 radical (unpaired) electrons. The molecule has 0 aliphatic carbocycles. The van der Waals surface area contributed by atoms with Crippen LogP contribution in [0.2, 0.25) is 5.02 Å². The summed E-state index contributed by atoms with van der Waals surface area (Å²) in [6, 6.07) is 13.4. The zero-order chi connectivity index (χ0) is 13.7. The molecule has 96 valence electrons. The molecule has 0 fully saturated rings. The maximum absolute atomic E-state index is 10.7. The van der Waals surface area contributed by atoms with Crippen LogP contribution in [0.1, 0.15) is 15.9 Å². The van der Waals surface area contributed by atoms with E-state index in [1.807, 2.05) is 12.1 Å². The molecule has 0 amide bonds. The summed E-state index contributed by atoms with van der Waals surface area (Å²) in [5.74, 6) is -1.22. The number of aromatic carboxylic acids is 1. The number of rotatable bonds is 4. The number of hydrazone groups is 1. The molecule has 19 heavy (non-hydrogen) atoms. The zero-order valence-corrected chi connectivity index (χ0v) is 10.6. The lowest BCUT2D eigenvalue weighted by Gasteiger charge is -2.04. The summed E-state index contributed by atoms with van der Waals surface area (Å²) in [7, 11) is 0. The van der Waals surface area contributed by atoms with Gasteiger partial charge in [-0.15, -0.1) is 0 Å². The fraction of sp³-hybridized carbons (Fsp3) is 0. The third-order valence-corrected chi connectivity index (χ3v) is 2.63. The van der Waals surface area contributed by atoms with E-state index in [0.717, 1.165) is 5.56 Å². The fourth-order valence-corrected chi connectivity index (χ4v) is 1.57. The Morgan fingerprint density at radius 1 is 1.21 bits per heavy atom. The molecular weight excluding hydrogens is 264 g/mol. The highest BCUT2D eigenvalue weighted by molar-refractivity contribution is 6.30. The van der Waals surface area contributed by atoms with Gasteiger partial charge < -0.3 is 9.90 Å². The van der Waals surface area contributed by atoms with Gasteiger partial charge in [0.1, 0.15) is 0 Å². The van der Waals surface area contributed by atoms with Crippen LogP contribution in [0, 0.1) is 0 Å². The normalized spacial score (nSPS) is 10.6. The summed E-state index contributed by atoms with van der Waals surface area (Å²) in [4.78, 5) is 10.7. The first-order valence-electron chi connectivity index (χ1n) is 5.51. The lowest BCUT2D eigenvalue weighted by atomic mass is 10.2. The van der Waals surface area contributed by atoms with Crippen molar-refractivity contribution in [2.24, 2.45) is 5.10 Å². The van der Waals surface area contributed by atoms with E-state index in [-0.39, 0.29) is 5.56 Å². The molecule has 0 heterocycles. The Balaban J connectivity index is 2.04. The quantitative estimate of drug-likeness (QED) is 0.686. The molecule has 2 aromatic rings. The molecule has 0 saturated carbocycles. The number of carboxylic acids is 1. The van der Waals surface area contributed by atoms with Crippen LogP contribution in [0.25, 0.3) is 0 Å². The molecule has 5 heteroatoms. The molecule has 0 spiro atoms. The van der Waals surface area contributed by atoms with Gasteiger partial charge in [-0.25, -0.2) is 0 Å². The lowest BCUT2D eigenvalue weighted by molar-refractivity contribution is -0.255. The maximum Gasteiger partial charge on any atom is 0.0716 e. The molecule has 0 unspecified atom stereocenters. The van der Waals surface area contributed by atoms with Crippen LogP contribution in [-0.4, -0.2) is 12.2 Å². The molecule has 2 rings (SSSR count). The van der Waals surface area contributed by atoms with Gasteiger partial charge in [-0.2, -0.15) is 5.10 Å². The van der Waals surface area contributed by atoms with E-state index >= 15 is 0 Å². The van der Waals surface area contributed by atoms with Gasteiger partial charge >= 0.3 is 0 Å². The second-order valence-corrected chi connectivity index (χ2v) is 4.23. The van der Waals surface area contributed by atoms with Gasteiger partial charge in [-0.3, -0.25) is 5.43 Å². The zero-order valence-electron chi connectivity index (χ0n) is 9.84. The molecule has 0 bridgehead atoms. The summed E-state index contributed by atoms with van der Waals surface area (Å²) in [6.07, 6.45) is 1.61. The number of nitrogens with zero attached hydrogens (tertiary/aromatic N) is 1. The number of halogens is 1. The third-order valence-electron chi connectivity index (χ3n) is 2.38. The Morgan fingerprint density at radius 3 is 2.63 bits per heavy atom. The standard InChI is InChI=1S/C14H11ClN2O2/c15-12-6-4-10(5-7-12)9-16-17-13-3-1-2-11(8-13)14(18)19/h1-9,17H,(H,18,19)/p-1/b16-9-. The van der Waals surface area contributed by atoms with Gasteiger partial charge in [-0.1, -0.05) is 35.9 Å². The number of carbonyl (C=O) groups is 1. The second-order valence-electron chi connectivity index (χ2n) is 3.79. The topological polar surface area (TPSA) is 64.5 Å². The van der Waals surface area contributed by atoms with Crippen LogP contribution in [-0.2, 0) is 0 Å². The van der Waals surface area contributed by atoms with E-state index in [2.05, 4.69) is 10.5 Å². The van der Waals surface area contributed by atoms with Crippen LogP contribution in [0.5, 0.6) is 0 Å². The molecule has 0 aliphatic rings. The highest BCUT2D eigenvalue weighted by atomic mass is 35.5. The van der Waals surface area contributed by atoms with Crippen molar-refractivity contribution < 1.29 is 9.90 Å². The third kappa shape index (κ3) is 3.82. The first kappa shape index (κ1) is 13.1. The smallest absolute Gasteiger partial charge is 0.0716 e. The van der Waals surface area contributed by atoms with Crippen molar-refractivity contribution in [3.63, 3.8) is 0 Å². The number of carbonyl (C=O) groups excluding carboxylic acids is 1. The molecule has 0 aromatic heterocycles. The summed E-state index contributed by atoms with van der Waals surface area (Å²) >= 11 is 5.77. The molecular formula is C14H10ClN2O2-. The Bertz CT molecular complexity index is 609. The van der Waals surface area contributed by atoms with Crippen LogP contribution in [0.4, 0.5) is 5.69 Å². The Hall–Kier alpha value is -2.33. The number of benzene rings is 2. The van der Waals surface area contributed by atoms with Crippen LogP contribution in [0.15, 0.2) is 53.6 Å². The van der Waals surface area contributed by atoms with Gasteiger partial charge in [0, 0.05) is 5.02 Å². The van der Waals surface area contributed by atoms with Gasteiger partial charge in [-0.05, 0) is 35.4 Å². The predicted octanol–water partition coefficient (Wildman–Crippen LogP) is 2.15. The van der Waals surface area contributed by atoms with E-state index in [0.29, 0.717) is 10.7 Å². The molecule has 0 atom stereocenters. The molecule has 4 nitrogen and oxygen atoms in total. The average molecular weight is 274 g/mol. The van der Waals surface area contributed by atoms with Gasteiger partial charge in [0.05, 0.1) is 17.9 Å². The minimum absolute atomic E-state index is 0.103. The van der Waals surface area contributed by atoms with Gasteiger partial charge in [0.2, 0.25) is 0 Å². The molecule has 1 N–H and O–H groups in total. The Labute approximate surface area is 115 Å². The minimum atomic E-state index is -1.22. The monoisotopic (exact) mass is 273 g/mol. The largest absolute Gasteiger partial charge is 0.545 e. The summed E-state index contributed by atoms with van der Waals surface area (Å²) in [5.41, 5.74) is 4.31. The number of hydrogen-bond acceptors (Lipinski definition) is 4. The van der Waals surface area contributed by atoms with Crippen molar-refractivity contribution in [1.82, 2.24) is 0 Å². The molecule has 0 saturated heterocycles. The van der Waals surface area contributed by atoms with E-state index in [1.54, 1.807) is 30.5 Å². The first-order chi connectivity index (χ1) is 9.15. The Morgan fingerprint density at radius 2 is 1.95 bits per heavy atom. The SMILES string of the molecule is O=C([O-])c1cccc(N/N=C\c2ccc(Cl)cc2)c1. The van der Waals surface area contributed by atoms with Crippen molar-refractivity contribution >= 4 is 29.5 Å². The van der Waals surface area contributed by atoms with Crippen molar-refractivity contribution in [1.29, 1.82) is 0 Å². The molecule has 2 aromatic carbocycles. The summed E-state index contributed by atoms with van der Waals surface area (Å²) < 4.78 is 0. The van der Waals surface area contributed by atoms with Crippen LogP contribution < -0.4 is 10.5 Å². The minimum Gasteiger partial charge on any atom is -0.545 e. The lowest BCUT2D eigenvalue weighted by Crippen LogP contribution is -2.22. The number of anilines is 1. The number of nitrogens with one attached hydrogen (secondary N) is 1. The van der Waals surface area contributed by atoms with E-state index in [4.69, 9.17) is 11.6 Å². The van der Waals surface area contributed by atoms with E-state index < -0.39 is 5.97 Å². The predicted molar refractivity (Wildman–Crippen MR) is 73.4 cm³/mol. The first-order valence-corrected chi connectivity index (χ1v) is 5.89. The second kappa shape index (κ2) is 6.02. The van der Waals surface area contributed by atoms with Crippen LogP contribution in [0.3, 0.4) is 0 Å². The highest BCUT2D eigenvalue weighted by Crippen LogP contribution is 2.10. The van der Waals surface area contributed by atoms with Crippen molar-refractivity contribution in [3.05, 3.63) is 64.7 Å². The summed E-state index contributed by atoms with van der Waals surface area (Å²) in [6.45, 7) is 0. The van der Waals surface area contributed by atoms with Gasteiger partial charge in [0.15, 0.2) is 0 Å². The van der Waals surface area contributed by atoms with Crippen molar-refractivity contribution in [2.75, 3.05) is 5.43 Å². The van der Waals surface area contributed by atoms with Crippen molar-refractivity contribution in [3.8, 4) is 0 Å². The summed E-state index contributed by atoms with van der Waals surface area (Å²) in [5, 5.41) is 15.4. The maximum atomic E-state index is 10.7. The van der Waals surface area contributed by atoms with E-state index in [9.17, 15) is 9.90 Å². The van der Waals surface area contributed by atoms with Gasteiger partial charge in [0.25, 0.3) is 0 Å². The number of hydrogen-bond donors (Lipinski definition) is 1. The van der Waals surface area contributed by atoms with E-state index in [1.165, 1.54) is 12.1 Å². The fourth-order valence-electron chi connectivity index (χ4n) is 1.45. The van der Waals surface area contributed by atoms with Crippen molar-refractivity contribution in [2.45, 2.75) is 0 Å². The highest BCUT2D eigenvalue weighted by Gasteiger charge is 1.95. The average Bonchev–Trinajstić information content (AvgIpc) is 2.41. The van der Waals surface area contributed by atoms with Crippen LogP contribution >= 0.6 is 11.6 Å². The number of carboxylic acid groups (broad SMARTS) is 1. The Kier molecular flexibility index (Phi) is 4.15.